The Hall–Kier alpha value is -0.0800. The van der Waals surface area contributed by atoms with E-state index in [9.17, 15) is 5.11 Å². The highest BCUT2D eigenvalue weighted by Gasteiger charge is 2.28. The van der Waals surface area contributed by atoms with Crippen molar-refractivity contribution in [2.45, 2.75) is 96.1 Å². The molecule has 18 heavy (non-hydrogen) atoms. The molecule has 0 bridgehead atoms. The van der Waals surface area contributed by atoms with Crippen LogP contribution in [0.4, 0.5) is 0 Å². The molecule has 108 valence electrons. The molecule has 0 radical (unpaired) electrons. The van der Waals surface area contributed by atoms with Crippen LogP contribution in [0.15, 0.2) is 0 Å². The van der Waals surface area contributed by atoms with Crippen molar-refractivity contribution in [2.24, 2.45) is 0 Å². The summed E-state index contributed by atoms with van der Waals surface area (Å²) in [5.41, 5.74) is -0.422. The number of unbranched alkanes of at least 4 members (excludes halogenated alkanes) is 1. The highest BCUT2D eigenvalue weighted by molar-refractivity contribution is 4.84. The maximum absolute atomic E-state index is 10.6. The molecular formula is C16H33NO. The first kappa shape index (κ1) is 16.0. The monoisotopic (exact) mass is 255 g/mol. The molecule has 0 saturated heterocycles. The summed E-state index contributed by atoms with van der Waals surface area (Å²) in [5, 5.41) is 14.3. The lowest BCUT2D eigenvalue weighted by Crippen LogP contribution is -2.44. The fourth-order valence-corrected chi connectivity index (χ4v) is 3.05. The van der Waals surface area contributed by atoms with Gasteiger partial charge in [-0.3, -0.25) is 0 Å². The van der Waals surface area contributed by atoms with E-state index in [0.717, 1.165) is 19.4 Å². The molecule has 1 fully saturated rings. The third-order valence-corrected chi connectivity index (χ3v) is 4.30. The van der Waals surface area contributed by atoms with E-state index in [0.29, 0.717) is 6.04 Å². The molecular weight excluding hydrogens is 222 g/mol. The van der Waals surface area contributed by atoms with Crippen molar-refractivity contribution < 1.29 is 5.11 Å². The SMILES string of the molecule is CCCCC(CCC)NCC1(O)CCCCCC1. The van der Waals surface area contributed by atoms with Crippen LogP contribution in [0.25, 0.3) is 0 Å². The molecule has 0 aliphatic heterocycles. The first-order valence-corrected chi connectivity index (χ1v) is 8.16. The molecule has 0 heterocycles. The van der Waals surface area contributed by atoms with E-state index in [2.05, 4.69) is 19.2 Å². The van der Waals surface area contributed by atoms with Crippen LogP contribution in [0.2, 0.25) is 0 Å². The lowest BCUT2D eigenvalue weighted by Gasteiger charge is -2.30. The summed E-state index contributed by atoms with van der Waals surface area (Å²) >= 11 is 0. The summed E-state index contributed by atoms with van der Waals surface area (Å²) in [6.45, 7) is 5.31. The van der Waals surface area contributed by atoms with Gasteiger partial charge in [0.25, 0.3) is 0 Å². The Morgan fingerprint density at radius 2 is 1.67 bits per heavy atom. The van der Waals surface area contributed by atoms with Gasteiger partial charge in [-0.1, -0.05) is 58.8 Å². The first-order valence-electron chi connectivity index (χ1n) is 8.16. The lowest BCUT2D eigenvalue weighted by molar-refractivity contribution is 0.0221. The molecule has 1 rings (SSSR count). The highest BCUT2D eigenvalue weighted by atomic mass is 16.3. The molecule has 0 aromatic rings. The third-order valence-electron chi connectivity index (χ3n) is 4.30. The van der Waals surface area contributed by atoms with Crippen LogP contribution in [0.3, 0.4) is 0 Å². The summed E-state index contributed by atoms with van der Waals surface area (Å²) in [6, 6.07) is 0.613. The Morgan fingerprint density at radius 1 is 1.00 bits per heavy atom. The van der Waals surface area contributed by atoms with Gasteiger partial charge in [0, 0.05) is 12.6 Å². The quantitative estimate of drug-likeness (QED) is 0.642. The highest BCUT2D eigenvalue weighted by Crippen LogP contribution is 2.26. The fraction of sp³-hybridized carbons (Fsp3) is 1.00. The van der Waals surface area contributed by atoms with Gasteiger partial charge < -0.3 is 10.4 Å². The number of aliphatic hydroxyl groups is 1. The normalized spacial score (nSPS) is 21.5. The van der Waals surface area contributed by atoms with Crippen LogP contribution >= 0.6 is 0 Å². The molecule has 2 heteroatoms. The zero-order chi connectivity index (χ0) is 13.3. The van der Waals surface area contributed by atoms with Crippen molar-refractivity contribution in [1.82, 2.24) is 5.32 Å². The van der Waals surface area contributed by atoms with E-state index in [1.54, 1.807) is 0 Å². The maximum atomic E-state index is 10.6. The largest absolute Gasteiger partial charge is 0.389 e. The van der Waals surface area contributed by atoms with E-state index in [1.807, 2.05) is 0 Å². The molecule has 2 nitrogen and oxygen atoms in total. The Bertz CT molecular complexity index is 197. The maximum Gasteiger partial charge on any atom is 0.0771 e. The van der Waals surface area contributed by atoms with Crippen molar-refractivity contribution >= 4 is 0 Å². The number of hydrogen-bond donors (Lipinski definition) is 2. The summed E-state index contributed by atoms with van der Waals surface area (Å²) < 4.78 is 0. The Kier molecular flexibility index (Phi) is 7.92. The van der Waals surface area contributed by atoms with Gasteiger partial charge in [0.1, 0.15) is 0 Å². The second-order valence-electron chi connectivity index (χ2n) is 6.15. The van der Waals surface area contributed by atoms with E-state index < -0.39 is 5.60 Å². The summed E-state index contributed by atoms with van der Waals surface area (Å²) in [5.74, 6) is 0. The van der Waals surface area contributed by atoms with Crippen LogP contribution in [-0.2, 0) is 0 Å². The number of rotatable bonds is 8. The van der Waals surface area contributed by atoms with E-state index in [4.69, 9.17) is 0 Å². The molecule has 0 aromatic heterocycles. The minimum absolute atomic E-state index is 0.422. The summed E-state index contributed by atoms with van der Waals surface area (Å²) in [4.78, 5) is 0. The van der Waals surface area contributed by atoms with Crippen LogP contribution < -0.4 is 5.32 Å². The van der Waals surface area contributed by atoms with Crippen LogP contribution in [0.5, 0.6) is 0 Å². The van der Waals surface area contributed by atoms with Crippen LogP contribution in [0, 0.1) is 0 Å². The van der Waals surface area contributed by atoms with Crippen molar-refractivity contribution in [3.63, 3.8) is 0 Å². The smallest absolute Gasteiger partial charge is 0.0771 e. The molecule has 1 aliphatic carbocycles. The average molecular weight is 255 g/mol. The van der Waals surface area contributed by atoms with Gasteiger partial charge in [-0.25, -0.2) is 0 Å². The Morgan fingerprint density at radius 3 is 2.22 bits per heavy atom. The topological polar surface area (TPSA) is 32.3 Å². The van der Waals surface area contributed by atoms with Gasteiger partial charge in [0.2, 0.25) is 0 Å². The van der Waals surface area contributed by atoms with Gasteiger partial charge in [-0.05, 0) is 25.7 Å². The molecule has 1 unspecified atom stereocenters. The van der Waals surface area contributed by atoms with Gasteiger partial charge >= 0.3 is 0 Å². The lowest BCUT2D eigenvalue weighted by atomic mass is 9.93. The summed E-state index contributed by atoms with van der Waals surface area (Å²) in [7, 11) is 0. The Balaban J connectivity index is 2.33. The first-order chi connectivity index (χ1) is 8.70. The van der Waals surface area contributed by atoms with Gasteiger partial charge in [0.15, 0.2) is 0 Å². The second kappa shape index (κ2) is 8.92. The van der Waals surface area contributed by atoms with E-state index in [-0.39, 0.29) is 0 Å². The standard InChI is InChI=1S/C16H33NO/c1-3-5-11-15(10-4-2)17-14-16(18)12-8-6-7-9-13-16/h15,17-18H,3-14H2,1-2H3. The van der Waals surface area contributed by atoms with Gasteiger partial charge in [-0.2, -0.15) is 0 Å². The van der Waals surface area contributed by atoms with Crippen LogP contribution in [0.1, 0.15) is 84.5 Å². The minimum Gasteiger partial charge on any atom is -0.389 e. The minimum atomic E-state index is -0.422. The second-order valence-corrected chi connectivity index (χ2v) is 6.15. The third kappa shape index (κ3) is 6.19. The number of nitrogens with one attached hydrogen (secondary N) is 1. The molecule has 0 amide bonds. The molecule has 1 atom stereocenters. The Labute approximate surface area is 114 Å². The van der Waals surface area contributed by atoms with E-state index >= 15 is 0 Å². The van der Waals surface area contributed by atoms with Crippen molar-refractivity contribution in [3.8, 4) is 0 Å². The predicted molar refractivity (Wildman–Crippen MR) is 78.9 cm³/mol. The molecule has 1 aliphatic rings. The van der Waals surface area contributed by atoms with Crippen molar-refractivity contribution in [3.05, 3.63) is 0 Å². The fourth-order valence-electron chi connectivity index (χ4n) is 3.05. The van der Waals surface area contributed by atoms with Crippen molar-refractivity contribution in [1.29, 1.82) is 0 Å². The zero-order valence-electron chi connectivity index (χ0n) is 12.5. The molecule has 0 spiro atoms. The van der Waals surface area contributed by atoms with Gasteiger partial charge in [-0.15, -0.1) is 0 Å². The predicted octanol–water partition coefficient (Wildman–Crippen LogP) is 4.02. The van der Waals surface area contributed by atoms with Crippen molar-refractivity contribution in [2.75, 3.05) is 6.54 Å². The van der Waals surface area contributed by atoms with Gasteiger partial charge in [0.05, 0.1) is 5.60 Å². The van der Waals surface area contributed by atoms with Crippen LogP contribution in [-0.4, -0.2) is 23.3 Å². The average Bonchev–Trinajstić information content (AvgIpc) is 2.58. The molecule has 1 saturated carbocycles. The number of hydrogen-bond acceptors (Lipinski definition) is 2. The molecule has 0 aromatic carbocycles. The molecule has 2 N–H and O–H groups in total. The summed E-state index contributed by atoms with van der Waals surface area (Å²) in [6.07, 6.45) is 13.3. The van der Waals surface area contributed by atoms with E-state index in [1.165, 1.54) is 57.8 Å². The zero-order valence-corrected chi connectivity index (χ0v) is 12.5.